The molecule has 3 nitrogen and oxygen atoms in total. The lowest BCUT2D eigenvalue weighted by Gasteiger charge is -2.38. The minimum Gasteiger partial charge on any atom is -0.463 e. The van der Waals surface area contributed by atoms with Crippen LogP contribution in [0.15, 0.2) is 65.8 Å². The van der Waals surface area contributed by atoms with Crippen LogP contribution < -0.4 is 4.74 Å². The number of benzene rings is 3. The van der Waals surface area contributed by atoms with Gasteiger partial charge >= 0.3 is 0 Å². The quantitative estimate of drug-likeness (QED) is 0.456. The minimum absolute atomic E-state index is 0.0682. The van der Waals surface area contributed by atoms with E-state index in [2.05, 4.69) is 31.2 Å². The molecule has 0 saturated carbocycles. The zero-order valence-corrected chi connectivity index (χ0v) is 17.1. The Balaban J connectivity index is 1.62. The van der Waals surface area contributed by atoms with Crippen molar-refractivity contribution in [1.82, 2.24) is 5.01 Å². The fraction of sp³-hybridized carbons (Fsp3) is 0.174. The molecule has 5 rings (SSSR count). The Morgan fingerprint density at radius 1 is 1.03 bits per heavy atom. The Bertz CT molecular complexity index is 1110. The Morgan fingerprint density at radius 2 is 1.76 bits per heavy atom. The van der Waals surface area contributed by atoms with Crippen LogP contribution in [0.3, 0.4) is 0 Å². The van der Waals surface area contributed by atoms with Crippen molar-refractivity contribution in [1.29, 1.82) is 0 Å². The molecule has 3 aromatic carbocycles. The molecule has 0 unspecified atom stereocenters. The number of halogens is 3. The zero-order chi connectivity index (χ0) is 20.1. The van der Waals surface area contributed by atoms with Crippen molar-refractivity contribution in [3.63, 3.8) is 0 Å². The molecule has 2 atom stereocenters. The minimum atomic E-state index is -0.505. The second-order valence-electron chi connectivity index (χ2n) is 7.34. The van der Waals surface area contributed by atoms with Gasteiger partial charge in [-0.25, -0.2) is 9.40 Å². The Morgan fingerprint density at radius 3 is 2.48 bits per heavy atom. The highest BCUT2D eigenvalue weighted by molar-refractivity contribution is 6.35. The van der Waals surface area contributed by atoms with Gasteiger partial charge in [0.15, 0.2) is 0 Å². The maximum Gasteiger partial charge on any atom is 0.213 e. The predicted octanol–water partition coefficient (Wildman–Crippen LogP) is 6.68. The van der Waals surface area contributed by atoms with E-state index in [-0.39, 0.29) is 11.9 Å². The molecule has 2 aliphatic heterocycles. The van der Waals surface area contributed by atoms with Crippen molar-refractivity contribution in [3.05, 3.63) is 98.8 Å². The molecule has 29 heavy (non-hydrogen) atoms. The van der Waals surface area contributed by atoms with Crippen LogP contribution in [0, 0.1) is 12.7 Å². The lowest BCUT2D eigenvalue weighted by atomic mass is 9.95. The topological polar surface area (TPSA) is 24.8 Å². The predicted molar refractivity (Wildman–Crippen MR) is 113 cm³/mol. The highest BCUT2D eigenvalue weighted by Crippen LogP contribution is 2.50. The summed E-state index contributed by atoms with van der Waals surface area (Å²) < 4.78 is 19.7. The highest BCUT2D eigenvalue weighted by Gasteiger charge is 2.42. The molecule has 2 heterocycles. The van der Waals surface area contributed by atoms with E-state index >= 15 is 0 Å². The number of rotatable bonds is 2. The fourth-order valence-corrected chi connectivity index (χ4v) is 4.44. The molecule has 6 heteroatoms. The van der Waals surface area contributed by atoms with Gasteiger partial charge in [0.25, 0.3) is 0 Å². The Kier molecular flexibility index (Phi) is 4.49. The van der Waals surface area contributed by atoms with Gasteiger partial charge in [0.1, 0.15) is 11.6 Å². The molecule has 0 N–H and O–H groups in total. The van der Waals surface area contributed by atoms with Gasteiger partial charge in [0.05, 0.1) is 16.8 Å². The summed E-state index contributed by atoms with van der Waals surface area (Å²) in [5.74, 6) is 0.309. The summed E-state index contributed by atoms with van der Waals surface area (Å²) in [5.41, 5.74) is 4.95. The number of hydrazone groups is 1. The smallest absolute Gasteiger partial charge is 0.213 e. The van der Waals surface area contributed by atoms with Crippen molar-refractivity contribution in [2.75, 3.05) is 0 Å². The van der Waals surface area contributed by atoms with Crippen LogP contribution in [-0.4, -0.2) is 10.7 Å². The number of hydrogen-bond donors (Lipinski definition) is 0. The lowest BCUT2D eigenvalue weighted by Crippen LogP contribution is -2.33. The first-order chi connectivity index (χ1) is 14.0. The van der Waals surface area contributed by atoms with E-state index in [0.717, 1.165) is 22.4 Å². The van der Waals surface area contributed by atoms with Crippen molar-refractivity contribution in [2.45, 2.75) is 25.6 Å². The van der Waals surface area contributed by atoms with Crippen LogP contribution in [-0.2, 0) is 0 Å². The Hall–Kier alpha value is -2.56. The SMILES string of the molecule is Cc1ccc(C2=NN3[C@H](C2)c2cc(Cl)cc(Cl)c2O[C@@H]3c2ccc(F)cc2)cc1. The van der Waals surface area contributed by atoms with E-state index in [1.165, 1.54) is 17.7 Å². The zero-order valence-electron chi connectivity index (χ0n) is 15.6. The van der Waals surface area contributed by atoms with Gasteiger partial charge in [-0.2, -0.15) is 5.10 Å². The van der Waals surface area contributed by atoms with E-state index in [9.17, 15) is 4.39 Å². The molecule has 0 saturated heterocycles. The third-order valence-corrected chi connectivity index (χ3v) is 5.85. The number of aryl methyl sites for hydroxylation is 1. The Labute approximate surface area is 178 Å². The molecule has 0 aromatic heterocycles. The first-order valence-electron chi connectivity index (χ1n) is 9.33. The highest BCUT2D eigenvalue weighted by atomic mass is 35.5. The maximum absolute atomic E-state index is 13.5. The van der Waals surface area contributed by atoms with E-state index < -0.39 is 6.23 Å². The van der Waals surface area contributed by atoms with E-state index in [4.69, 9.17) is 33.0 Å². The number of fused-ring (bicyclic) bond motifs is 3. The van der Waals surface area contributed by atoms with Gasteiger partial charge in [-0.3, -0.25) is 0 Å². The first kappa shape index (κ1) is 18.5. The normalized spacial score (nSPS) is 20.0. The van der Waals surface area contributed by atoms with Crippen LogP contribution >= 0.6 is 23.2 Å². The van der Waals surface area contributed by atoms with E-state index in [0.29, 0.717) is 22.2 Å². The van der Waals surface area contributed by atoms with Crippen LogP contribution in [0.4, 0.5) is 4.39 Å². The van der Waals surface area contributed by atoms with Gasteiger partial charge in [0.2, 0.25) is 6.23 Å². The molecule has 0 fully saturated rings. The van der Waals surface area contributed by atoms with Gasteiger partial charge in [-0.05, 0) is 36.8 Å². The average Bonchev–Trinajstić information content (AvgIpc) is 3.14. The van der Waals surface area contributed by atoms with Crippen molar-refractivity contribution < 1.29 is 9.13 Å². The van der Waals surface area contributed by atoms with Crippen molar-refractivity contribution in [3.8, 4) is 5.75 Å². The van der Waals surface area contributed by atoms with Crippen molar-refractivity contribution >= 4 is 28.9 Å². The summed E-state index contributed by atoms with van der Waals surface area (Å²) >= 11 is 12.7. The maximum atomic E-state index is 13.5. The third kappa shape index (κ3) is 3.26. The number of nitrogens with zero attached hydrogens (tertiary/aromatic N) is 2. The van der Waals surface area contributed by atoms with Gasteiger partial charge in [-0.1, -0.05) is 65.2 Å². The average molecular weight is 427 g/mol. The van der Waals surface area contributed by atoms with Gasteiger partial charge in [-0.15, -0.1) is 0 Å². The summed E-state index contributed by atoms with van der Waals surface area (Å²) in [6.07, 6.45) is 0.197. The number of hydrogen-bond acceptors (Lipinski definition) is 3. The monoisotopic (exact) mass is 426 g/mol. The molecule has 0 bridgehead atoms. The molecule has 0 aliphatic carbocycles. The molecular formula is C23H17Cl2FN2O. The second-order valence-corrected chi connectivity index (χ2v) is 8.18. The van der Waals surface area contributed by atoms with Gasteiger partial charge in [0, 0.05) is 22.6 Å². The summed E-state index contributed by atoms with van der Waals surface area (Å²) in [6, 6.07) is 18.1. The molecule has 0 amide bonds. The number of ether oxygens (including phenoxy) is 1. The molecule has 0 radical (unpaired) electrons. The fourth-order valence-electron chi connectivity index (χ4n) is 3.88. The van der Waals surface area contributed by atoms with Gasteiger partial charge < -0.3 is 4.74 Å². The van der Waals surface area contributed by atoms with E-state index in [1.54, 1.807) is 18.2 Å². The molecule has 0 spiro atoms. The molecule has 2 aliphatic rings. The summed E-state index contributed by atoms with van der Waals surface area (Å²) in [7, 11) is 0. The molecular weight excluding hydrogens is 410 g/mol. The summed E-state index contributed by atoms with van der Waals surface area (Å²) in [6.45, 7) is 2.06. The van der Waals surface area contributed by atoms with Crippen molar-refractivity contribution in [2.24, 2.45) is 5.10 Å². The third-order valence-electron chi connectivity index (χ3n) is 5.35. The molecule has 3 aromatic rings. The first-order valence-corrected chi connectivity index (χ1v) is 10.1. The summed E-state index contributed by atoms with van der Waals surface area (Å²) in [4.78, 5) is 0. The van der Waals surface area contributed by atoms with Crippen LogP contribution in [0.1, 0.15) is 40.9 Å². The lowest BCUT2D eigenvalue weighted by molar-refractivity contribution is -0.0189. The van der Waals surface area contributed by atoms with E-state index in [1.807, 2.05) is 11.1 Å². The largest absolute Gasteiger partial charge is 0.463 e. The molecule has 146 valence electrons. The van der Waals surface area contributed by atoms with Crippen LogP contribution in [0.2, 0.25) is 10.0 Å². The van der Waals surface area contributed by atoms with Crippen LogP contribution in [0.5, 0.6) is 5.75 Å². The summed E-state index contributed by atoms with van der Waals surface area (Å²) in [5, 5.41) is 7.84. The van der Waals surface area contributed by atoms with Crippen LogP contribution in [0.25, 0.3) is 0 Å². The second kappa shape index (κ2) is 7.05. The standard InChI is InChI=1S/C23H17Cl2FN2O/c1-13-2-4-14(5-3-13)20-12-21-18-10-16(24)11-19(25)22(18)29-23(28(21)27-20)15-6-8-17(26)9-7-15/h2-11,21,23H,12H2,1H3/t21-,23-/m1/s1.